The van der Waals surface area contributed by atoms with Gasteiger partial charge >= 0.3 is 0 Å². The Hall–Kier alpha value is -3.19. The van der Waals surface area contributed by atoms with Crippen LogP contribution in [0.15, 0.2) is 60.0 Å². The smallest absolute Gasteiger partial charge is 0.229 e. The number of likely N-dealkylation sites (N-methyl/N-ethyl adjacent to an activating group) is 1. The molecule has 2 aromatic carbocycles. The molecule has 0 N–H and O–H groups in total. The number of carbonyl (C=O) groups excluding carboxylic acids is 2. The van der Waals surface area contributed by atoms with Crippen LogP contribution in [0.1, 0.15) is 50.3 Å². The van der Waals surface area contributed by atoms with Crippen molar-refractivity contribution in [3.8, 4) is 16.3 Å². The quantitative estimate of drug-likeness (QED) is 0.439. The van der Waals surface area contributed by atoms with Crippen LogP contribution in [-0.2, 0) is 22.4 Å². The Morgan fingerprint density at radius 1 is 1.00 bits per heavy atom. The fourth-order valence-corrected chi connectivity index (χ4v) is 6.58. The van der Waals surface area contributed by atoms with Gasteiger partial charge in [0, 0.05) is 30.6 Å². The van der Waals surface area contributed by atoms with Crippen LogP contribution in [0.5, 0.6) is 5.75 Å². The molecule has 1 fully saturated rings. The van der Waals surface area contributed by atoms with Gasteiger partial charge in [-0.2, -0.15) is 0 Å². The van der Waals surface area contributed by atoms with Gasteiger partial charge in [0.15, 0.2) is 0 Å². The maximum atomic E-state index is 13.9. The molecule has 2 aliphatic rings. The number of hydrogen-bond acceptors (Lipinski definition) is 5. The van der Waals surface area contributed by atoms with Crippen molar-refractivity contribution in [1.29, 1.82) is 0 Å². The van der Waals surface area contributed by atoms with Crippen molar-refractivity contribution in [3.05, 3.63) is 71.2 Å². The lowest BCUT2D eigenvalue weighted by atomic mass is 9.73. The summed E-state index contributed by atoms with van der Waals surface area (Å²) in [4.78, 5) is 35.7. The number of rotatable bonds is 4. The normalized spacial score (nSPS) is 18.3. The molecule has 7 heteroatoms. The second kappa shape index (κ2) is 12.1. The minimum atomic E-state index is -0.396. The second-order valence-electron chi connectivity index (χ2n) is 10.4. The van der Waals surface area contributed by atoms with Crippen LogP contribution in [-0.4, -0.2) is 59.4 Å². The largest absolute Gasteiger partial charge is 0.491 e. The van der Waals surface area contributed by atoms with Gasteiger partial charge in [0.25, 0.3) is 0 Å². The Kier molecular flexibility index (Phi) is 8.42. The zero-order valence-corrected chi connectivity index (χ0v) is 23.0. The van der Waals surface area contributed by atoms with Gasteiger partial charge in [-0.25, -0.2) is 4.98 Å². The minimum Gasteiger partial charge on any atom is -0.491 e. The monoisotopic (exact) mass is 531 g/mol. The highest BCUT2D eigenvalue weighted by Gasteiger charge is 2.43. The summed E-state index contributed by atoms with van der Waals surface area (Å²) < 4.78 is 6.10. The van der Waals surface area contributed by atoms with E-state index in [1.54, 1.807) is 11.3 Å². The van der Waals surface area contributed by atoms with E-state index in [9.17, 15) is 9.59 Å². The number of amides is 2. The molecule has 0 atom stereocenters. The SMILES string of the molecule is CCN1CCOc2ccccc2CCCCC2(CCN(C(=O)Cc3csc(-c4ccccc4)n3)CC2)C1=O. The molecule has 0 unspecified atom stereocenters. The Balaban J connectivity index is 1.23. The molecule has 1 aromatic heterocycles. The Morgan fingerprint density at radius 2 is 1.76 bits per heavy atom. The highest BCUT2D eigenvalue weighted by Crippen LogP contribution is 2.39. The van der Waals surface area contributed by atoms with Gasteiger partial charge in [0.05, 0.1) is 24.1 Å². The zero-order chi connectivity index (χ0) is 26.4. The number of fused-ring (bicyclic) bond motifs is 1. The number of piperidine rings is 1. The molecule has 0 radical (unpaired) electrons. The molecule has 0 bridgehead atoms. The highest BCUT2D eigenvalue weighted by atomic mass is 32.1. The minimum absolute atomic E-state index is 0.0997. The molecule has 2 amide bonds. The number of hydrogen-bond donors (Lipinski definition) is 0. The van der Waals surface area contributed by atoms with Crippen molar-refractivity contribution < 1.29 is 14.3 Å². The fraction of sp³-hybridized carbons (Fsp3) is 0.452. The van der Waals surface area contributed by atoms with Gasteiger partial charge in [-0.05, 0) is 50.7 Å². The summed E-state index contributed by atoms with van der Waals surface area (Å²) in [6.07, 6.45) is 5.60. The predicted octanol–water partition coefficient (Wildman–Crippen LogP) is 5.62. The van der Waals surface area contributed by atoms with Crippen LogP contribution in [0.3, 0.4) is 0 Å². The van der Waals surface area contributed by atoms with Crippen molar-refractivity contribution in [2.75, 3.05) is 32.8 Å². The number of aryl methyl sites for hydroxylation is 1. The summed E-state index contributed by atoms with van der Waals surface area (Å²) in [6, 6.07) is 18.3. The van der Waals surface area contributed by atoms with E-state index in [4.69, 9.17) is 9.72 Å². The number of carbonyl (C=O) groups is 2. The van der Waals surface area contributed by atoms with Crippen molar-refractivity contribution in [2.45, 2.75) is 51.9 Å². The maximum absolute atomic E-state index is 13.9. The molecular formula is C31H37N3O3S. The van der Waals surface area contributed by atoms with E-state index in [-0.39, 0.29) is 11.8 Å². The first-order valence-electron chi connectivity index (χ1n) is 13.9. The van der Waals surface area contributed by atoms with Gasteiger partial charge in [0.1, 0.15) is 17.4 Å². The van der Waals surface area contributed by atoms with E-state index in [1.807, 2.05) is 64.6 Å². The summed E-state index contributed by atoms with van der Waals surface area (Å²) in [5.74, 6) is 1.27. The molecule has 38 heavy (non-hydrogen) atoms. The molecule has 0 aliphatic carbocycles. The number of aromatic nitrogens is 1. The molecule has 5 rings (SSSR count). The van der Waals surface area contributed by atoms with Crippen LogP contribution < -0.4 is 4.74 Å². The molecule has 200 valence electrons. The lowest BCUT2D eigenvalue weighted by Gasteiger charge is -2.43. The number of nitrogens with zero attached hydrogens (tertiary/aromatic N) is 3. The third kappa shape index (κ3) is 5.93. The predicted molar refractivity (Wildman–Crippen MR) is 151 cm³/mol. The number of ether oxygens (including phenoxy) is 1. The summed E-state index contributed by atoms with van der Waals surface area (Å²) in [7, 11) is 0. The van der Waals surface area contributed by atoms with Crippen LogP contribution in [0.2, 0.25) is 0 Å². The number of thiazole rings is 1. The van der Waals surface area contributed by atoms with Gasteiger partial charge in [-0.1, -0.05) is 55.0 Å². The molecule has 0 saturated carbocycles. The summed E-state index contributed by atoms with van der Waals surface area (Å²) >= 11 is 1.58. The van der Waals surface area contributed by atoms with Gasteiger partial charge < -0.3 is 14.5 Å². The van der Waals surface area contributed by atoms with Gasteiger partial charge in [0.2, 0.25) is 11.8 Å². The van der Waals surface area contributed by atoms with E-state index in [1.165, 1.54) is 5.56 Å². The summed E-state index contributed by atoms with van der Waals surface area (Å²) in [5.41, 5.74) is 2.74. The zero-order valence-electron chi connectivity index (χ0n) is 22.2. The number of benzene rings is 2. The van der Waals surface area contributed by atoms with Crippen LogP contribution in [0.25, 0.3) is 10.6 Å². The van der Waals surface area contributed by atoms with E-state index >= 15 is 0 Å². The summed E-state index contributed by atoms with van der Waals surface area (Å²) in [6.45, 7) is 5.04. The Labute approximate surface area is 229 Å². The second-order valence-corrected chi connectivity index (χ2v) is 11.3. The molecule has 1 spiro atoms. The number of para-hydroxylation sites is 1. The first kappa shape index (κ1) is 26.4. The molecule has 3 aromatic rings. The van der Waals surface area contributed by atoms with Crippen LogP contribution in [0, 0.1) is 5.41 Å². The summed E-state index contributed by atoms with van der Waals surface area (Å²) in [5, 5.41) is 2.93. The van der Waals surface area contributed by atoms with E-state index < -0.39 is 5.41 Å². The molecule has 6 nitrogen and oxygen atoms in total. The highest BCUT2D eigenvalue weighted by molar-refractivity contribution is 7.13. The van der Waals surface area contributed by atoms with Crippen LogP contribution >= 0.6 is 11.3 Å². The first-order valence-corrected chi connectivity index (χ1v) is 14.7. The van der Waals surface area contributed by atoms with Crippen molar-refractivity contribution in [3.63, 3.8) is 0 Å². The average Bonchev–Trinajstić information content (AvgIpc) is 3.42. The third-order valence-electron chi connectivity index (χ3n) is 8.04. The molecule has 1 saturated heterocycles. The molecule has 2 aliphatic heterocycles. The van der Waals surface area contributed by atoms with E-state index in [0.29, 0.717) is 39.2 Å². The lowest BCUT2D eigenvalue weighted by Crippen LogP contribution is -2.52. The molecular weight excluding hydrogens is 494 g/mol. The molecule has 3 heterocycles. The maximum Gasteiger partial charge on any atom is 0.229 e. The van der Waals surface area contributed by atoms with E-state index in [0.717, 1.165) is 60.5 Å². The van der Waals surface area contributed by atoms with Gasteiger partial charge in [-0.3, -0.25) is 9.59 Å². The topological polar surface area (TPSA) is 62.7 Å². The van der Waals surface area contributed by atoms with Crippen molar-refractivity contribution in [1.82, 2.24) is 14.8 Å². The lowest BCUT2D eigenvalue weighted by molar-refractivity contribution is -0.149. The average molecular weight is 532 g/mol. The number of likely N-dealkylation sites (tertiary alicyclic amines) is 1. The van der Waals surface area contributed by atoms with Crippen LogP contribution in [0.4, 0.5) is 0 Å². The Bertz CT molecular complexity index is 1230. The fourth-order valence-electron chi connectivity index (χ4n) is 5.76. The van der Waals surface area contributed by atoms with Gasteiger partial charge in [-0.15, -0.1) is 11.3 Å². The van der Waals surface area contributed by atoms with E-state index in [2.05, 4.69) is 12.1 Å². The Morgan fingerprint density at radius 3 is 2.55 bits per heavy atom. The standard InChI is InChI=1S/C31H37N3O3S/c1-2-33-20-21-37-27-14-7-6-10-24(27)11-8-9-15-31(30(33)36)16-18-34(19-17-31)28(35)22-26-23-38-29(32-26)25-12-4-3-5-13-25/h3-7,10,12-14,23H,2,8-9,11,15-22H2,1H3. The third-order valence-corrected chi connectivity index (χ3v) is 8.98. The van der Waals surface area contributed by atoms with Crippen molar-refractivity contribution >= 4 is 23.2 Å². The van der Waals surface area contributed by atoms with Crippen molar-refractivity contribution in [2.24, 2.45) is 5.41 Å². The first-order chi connectivity index (χ1) is 18.6.